The van der Waals surface area contributed by atoms with Crippen molar-refractivity contribution >= 4 is 29.2 Å². The smallest absolute Gasteiger partial charge is 0.356 e. The van der Waals surface area contributed by atoms with Crippen molar-refractivity contribution < 1.29 is 9.53 Å². The topological polar surface area (TPSA) is 39.2 Å². The van der Waals surface area contributed by atoms with Crippen LogP contribution in [0.3, 0.4) is 0 Å². The number of carbonyl (C=O) groups is 1. The van der Waals surface area contributed by atoms with Crippen LogP contribution in [-0.4, -0.2) is 18.1 Å². The number of hydrogen-bond donors (Lipinski definition) is 0. The lowest BCUT2D eigenvalue weighted by Gasteiger charge is -2.08. The van der Waals surface area contributed by atoms with Gasteiger partial charge in [-0.05, 0) is 13.8 Å². The number of esters is 1. The lowest BCUT2D eigenvalue weighted by molar-refractivity contribution is 0.0593. The summed E-state index contributed by atoms with van der Waals surface area (Å²) in [7, 11) is 1.29. The standard InChI is InChI=1S/C9H9Cl2NO2/c1-4-6(10)7(11)5(2)12-8(4)9(13)14-3/h1-3H3. The molecule has 0 fully saturated rings. The van der Waals surface area contributed by atoms with Crippen molar-refractivity contribution in [3.8, 4) is 0 Å². The molecule has 1 heterocycles. The molecule has 1 aromatic rings. The third-order valence-corrected chi connectivity index (χ3v) is 2.88. The van der Waals surface area contributed by atoms with E-state index in [0.717, 1.165) is 0 Å². The van der Waals surface area contributed by atoms with Crippen molar-refractivity contribution in [3.63, 3.8) is 0 Å². The molecule has 5 heteroatoms. The van der Waals surface area contributed by atoms with Gasteiger partial charge < -0.3 is 4.74 Å². The number of aryl methyl sites for hydroxylation is 1. The van der Waals surface area contributed by atoms with Gasteiger partial charge in [-0.25, -0.2) is 9.78 Å². The van der Waals surface area contributed by atoms with Gasteiger partial charge in [-0.15, -0.1) is 0 Å². The summed E-state index contributed by atoms with van der Waals surface area (Å²) in [5, 5.41) is 0.719. The molecule has 0 aromatic carbocycles. The Balaban J connectivity index is 3.40. The van der Waals surface area contributed by atoms with E-state index in [1.54, 1.807) is 13.8 Å². The number of carbonyl (C=O) groups excluding carboxylic acids is 1. The fourth-order valence-corrected chi connectivity index (χ4v) is 1.43. The Morgan fingerprint density at radius 1 is 1.29 bits per heavy atom. The predicted octanol–water partition coefficient (Wildman–Crippen LogP) is 2.79. The average Bonchev–Trinajstić information content (AvgIpc) is 2.19. The molecule has 0 unspecified atom stereocenters. The Labute approximate surface area is 92.0 Å². The minimum atomic E-state index is -0.510. The van der Waals surface area contributed by atoms with E-state index in [9.17, 15) is 4.79 Å². The quantitative estimate of drug-likeness (QED) is 0.701. The molecule has 0 atom stereocenters. The van der Waals surface area contributed by atoms with E-state index in [0.29, 0.717) is 21.3 Å². The van der Waals surface area contributed by atoms with E-state index in [4.69, 9.17) is 23.2 Å². The number of ether oxygens (including phenoxy) is 1. The Morgan fingerprint density at radius 3 is 2.36 bits per heavy atom. The van der Waals surface area contributed by atoms with E-state index >= 15 is 0 Å². The molecule has 1 aromatic heterocycles. The molecular weight excluding hydrogens is 225 g/mol. The summed E-state index contributed by atoms with van der Waals surface area (Å²) in [4.78, 5) is 15.3. The van der Waals surface area contributed by atoms with Gasteiger partial charge >= 0.3 is 5.97 Å². The zero-order valence-corrected chi connectivity index (χ0v) is 9.53. The molecule has 0 radical (unpaired) electrons. The number of nitrogens with zero attached hydrogens (tertiary/aromatic N) is 1. The van der Waals surface area contributed by atoms with E-state index in [1.807, 2.05) is 0 Å². The first kappa shape index (κ1) is 11.3. The van der Waals surface area contributed by atoms with E-state index < -0.39 is 5.97 Å². The van der Waals surface area contributed by atoms with Crippen LogP contribution in [-0.2, 0) is 4.74 Å². The Kier molecular flexibility index (Phi) is 3.34. The maximum absolute atomic E-state index is 11.3. The number of halogens is 2. The molecule has 14 heavy (non-hydrogen) atoms. The van der Waals surface area contributed by atoms with E-state index in [1.165, 1.54) is 7.11 Å². The van der Waals surface area contributed by atoms with Crippen molar-refractivity contribution in [1.29, 1.82) is 0 Å². The minimum absolute atomic E-state index is 0.208. The van der Waals surface area contributed by atoms with Crippen LogP contribution in [0.25, 0.3) is 0 Å². The zero-order chi connectivity index (χ0) is 10.9. The summed E-state index contributed by atoms with van der Waals surface area (Å²) in [6.07, 6.45) is 0. The van der Waals surface area contributed by atoms with Crippen molar-refractivity contribution in [3.05, 3.63) is 27.0 Å². The van der Waals surface area contributed by atoms with Crippen molar-refractivity contribution in [2.24, 2.45) is 0 Å². The molecule has 76 valence electrons. The lowest BCUT2D eigenvalue weighted by atomic mass is 10.2. The maximum Gasteiger partial charge on any atom is 0.356 e. The average molecular weight is 234 g/mol. The Bertz CT molecular complexity index is 391. The lowest BCUT2D eigenvalue weighted by Crippen LogP contribution is -2.08. The van der Waals surface area contributed by atoms with E-state index in [-0.39, 0.29) is 5.69 Å². The Hall–Kier alpha value is -0.800. The molecule has 0 aliphatic carbocycles. The van der Waals surface area contributed by atoms with Crippen LogP contribution < -0.4 is 0 Å². The van der Waals surface area contributed by atoms with Crippen LogP contribution in [0.1, 0.15) is 21.7 Å². The number of rotatable bonds is 1. The first-order valence-corrected chi connectivity index (χ1v) is 4.65. The highest BCUT2D eigenvalue weighted by molar-refractivity contribution is 6.43. The van der Waals surface area contributed by atoms with Crippen LogP contribution in [0.4, 0.5) is 0 Å². The van der Waals surface area contributed by atoms with Gasteiger partial charge in [0.2, 0.25) is 0 Å². The molecule has 0 aliphatic rings. The van der Waals surface area contributed by atoms with Crippen LogP contribution >= 0.6 is 23.2 Å². The number of aromatic nitrogens is 1. The minimum Gasteiger partial charge on any atom is -0.464 e. The molecule has 1 rings (SSSR count). The van der Waals surface area contributed by atoms with Gasteiger partial charge in [-0.1, -0.05) is 23.2 Å². The van der Waals surface area contributed by atoms with Gasteiger partial charge in [0.15, 0.2) is 5.69 Å². The van der Waals surface area contributed by atoms with Crippen LogP contribution in [0.2, 0.25) is 10.0 Å². The third kappa shape index (κ3) is 1.83. The summed E-state index contributed by atoms with van der Waals surface area (Å²) in [5.41, 5.74) is 1.26. The fraction of sp³-hybridized carbons (Fsp3) is 0.333. The fourth-order valence-electron chi connectivity index (χ4n) is 1.02. The SMILES string of the molecule is COC(=O)c1nc(C)c(Cl)c(Cl)c1C. The van der Waals surface area contributed by atoms with Gasteiger partial charge in [0, 0.05) is 5.56 Å². The van der Waals surface area contributed by atoms with E-state index in [2.05, 4.69) is 9.72 Å². The van der Waals surface area contributed by atoms with Crippen LogP contribution in [0.5, 0.6) is 0 Å². The van der Waals surface area contributed by atoms with Gasteiger partial charge in [0.1, 0.15) is 0 Å². The molecule has 0 saturated carbocycles. The van der Waals surface area contributed by atoms with Crippen molar-refractivity contribution in [2.75, 3.05) is 7.11 Å². The second kappa shape index (κ2) is 4.15. The number of pyridine rings is 1. The normalized spacial score (nSPS) is 10.1. The molecular formula is C9H9Cl2NO2. The maximum atomic E-state index is 11.3. The highest BCUT2D eigenvalue weighted by Gasteiger charge is 2.17. The molecule has 0 bridgehead atoms. The first-order valence-electron chi connectivity index (χ1n) is 3.89. The van der Waals surface area contributed by atoms with Crippen LogP contribution in [0, 0.1) is 13.8 Å². The van der Waals surface area contributed by atoms with Crippen molar-refractivity contribution in [2.45, 2.75) is 13.8 Å². The highest BCUT2D eigenvalue weighted by Crippen LogP contribution is 2.29. The second-order valence-electron chi connectivity index (χ2n) is 2.79. The van der Waals surface area contributed by atoms with Crippen molar-refractivity contribution in [1.82, 2.24) is 4.98 Å². The molecule has 3 nitrogen and oxygen atoms in total. The molecule has 0 saturated heterocycles. The summed E-state index contributed by atoms with van der Waals surface area (Å²) in [6.45, 7) is 3.35. The van der Waals surface area contributed by atoms with Gasteiger partial charge in [0.25, 0.3) is 0 Å². The van der Waals surface area contributed by atoms with Gasteiger partial charge in [-0.2, -0.15) is 0 Å². The summed E-state index contributed by atoms with van der Waals surface area (Å²) in [6, 6.07) is 0. The second-order valence-corrected chi connectivity index (χ2v) is 3.55. The van der Waals surface area contributed by atoms with Gasteiger partial charge in [-0.3, -0.25) is 0 Å². The predicted molar refractivity (Wildman–Crippen MR) is 55.1 cm³/mol. The summed E-state index contributed by atoms with van der Waals surface area (Å²) in [5.74, 6) is -0.510. The molecule has 0 amide bonds. The monoisotopic (exact) mass is 233 g/mol. The third-order valence-electron chi connectivity index (χ3n) is 1.85. The first-order chi connectivity index (χ1) is 6.49. The zero-order valence-electron chi connectivity index (χ0n) is 8.02. The van der Waals surface area contributed by atoms with Gasteiger partial charge in [0.05, 0.1) is 22.8 Å². The highest BCUT2D eigenvalue weighted by atomic mass is 35.5. The Morgan fingerprint density at radius 2 is 1.86 bits per heavy atom. The van der Waals surface area contributed by atoms with Crippen LogP contribution in [0.15, 0.2) is 0 Å². The number of methoxy groups -OCH3 is 1. The largest absolute Gasteiger partial charge is 0.464 e. The molecule has 0 aliphatic heterocycles. The molecule has 0 spiro atoms. The number of hydrogen-bond acceptors (Lipinski definition) is 3. The molecule has 0 N–H and O–H groups in total. The summed E-state index contributed by atoms with van der Waals surface area (Å²) >= 11 is 11.8. The summed E-state index contributed by atoms with van der Waals surface area (Å²) < 4.78 is 4.56.